The molecule has 0 aromatic heterocycles. The Kier molecular flexibility index (Phi) is 7.97. The molecule has 1 radical (unpaired) electrons. The van der Waals surface area contributed by atoms with Gasteiger partial charge in [-0.15, -0.1) is 0 Å². The summed E-state index contributed by atoms with van der Waals surface area (Å²) in [6.07, 6.45) is 0. The highest BCUT2D eigenvalue weighted by Crippen LogP contribution is 2.15. The van der Waals surface area contributed by atoms with Gasteiger partial charge in [0, 0.05) is 0 Å². The molecule has 0 fully saturated rings. The van der Waals surface area contributed by atoms with Crippen LogP contribution in [0.25, 0.3) is 0 Å². The van der Waals surface area contributed by atoms with Crippen molar-refractivity contribution in [3.8, 4) is 0 Å². The van der Waals surface area contributed by atoms with Gasteiger partial charge in [0.1, 0.15) is 4.11 Å². The molecular formula is C2H2I4N. The number of halogens is 4. The van der Waals surface area contributed by atoms with Crippen LogP contribution in [0.15, 0.2) is 0 Å². The van der Waals surface area contributed by atoms with E-state index in [-0.39, 0.29) is 0 Å². The van der Waals surface area contributed by atoms with Gasteiger partial charge < -0.3 is 0 Å². The van der Waals surface area contributed by atoms with Gasteiger partial charge in [-0.3, -0.25) is 0 Å². The second-order valence-electron chi connectivity index (χ2n) is 0.704. The highest BCUT2D eigenvalue weighted by Gasteiger charge is 2.01. The van der Waals surface area contributed by atoms with Crippen molar-refractivity contribution in [1.82, 2.24) is 5.32 Å². The van der Waals surface area contributed by atoms with Crippen molar-refractivity contribution in [2.24, 2.45) is 0 Å². The molecule has 0 aliphatic rings. The lowest BCUT2D eigenvalue weighted by atomic mass is 11.3. The Hall–Kier alpha value is 2.88. The van der Waals surface area contributed by atoms with Crippen LogP contribution in [0.4, 0.5) is 0 Å². The Morgan fingerprint density at radius 3 is 1.14 bits per heavy atom. The fourth-order valence-electron chi connectivity index (χ4n) is 0.0852. The second kappa shape index (κ2) is 5.65. The molecule has 0 aliphatic carbocycles. The zero-order chi connectivity index (χ0) is 5.86. The molecule has 43 valence electrons. The maximum atomic E-state index is 4.22. The Bertz CT molecular complexity index is 39.0. The Morgan fingerprint density at radius 1 is 0.857 bits per heavy atom. The number of hydrogen-bond acceptors (Lipinski definition) is 0. The average Bonchev–Trinajstić information content (AvgIpc) is 1.27. The number of alkyl halides is 4. The summed E-state index contributed by atoms with van der Waals surface area (Å²) < 4.78 is 0.850. The summed E-state index contributed by atoms with van der Waals surface area (Å²) in [5.74, 6) is 0. The standard InChI is InChI=1S/C2H2I4N/c3-1(4)7-2(5)6/h1-2H. The van der Waals surface area contributed by atoms with Gasteiger partial charge in [-0.25, -0.2) is 0 Å². The van der Waals surface area contributed by atoms with Crippen LogP contribution in [-0.2, 0) is 0 Å². The van der Waals surface area contributed by atoms with Crippen molar-refractivity contribution < 1.29 is 0 Å². The molecule has 0 rings (SSSR count). The summed E-state index contributed by atoms with van der Waals surface area (Å²) in [4.78, 5) is 0. The van der Waals surface area contributed by atoms with Crippen LogP contribution in [0.1, 0.15) is 0 Å². The molecule has 0 saturated heterocycles. The molecule has 0 bridgehead atoms. The first-order valence-corrected chi connectivity index (χ1v) is 6.37. The van der Waals surface area contributed by atoms with E-state index in [1.165, 1.54) is 0 Å². The highest BCUT2D eigenvalue weighted by molar-refractivity contribution is 14.2. The maximum Gasteiger partial charge on any atom is 0.129 e. The third-order valence-corrected chi connectivity index (χ3v) is 1.51. The lowest BCUT2D eigenvalue weighted by Gasteiger charge is -2.00. The van der Waals surface area contributed by atoms with E-state index in [1.807, 2.05) is 0 Å². The van der Waals surface area contributed by atoms with Crippen LogP contribution < -0.4 is 5.32 Å². The fraction of sp³-hybridized carbons (Fsp3) is 1.00. The topological polar surface area (TPSA) is 14.1 Å². The summed E-state index contributed by atoms with van der Waals surface area (Å²) in [5, 5.41) is 4.22. The van der Waals surface area contributed by atoms with Crippen LogP contribution in [-0.4, -0.2) is 4.11 Å². The predicted molar refractivity (Wildman–Crippen MR) is 65.8 cm³/mol. The third-order valence-electron chi connectivity index (χ3n) is 0.225. The lowest BCUT2D eigenvalue weighted by Crippen LogP contribution is -2.10. The van der Waals surface area contributed by atoms with Crippen molar-refractivity contribution in [1.29, 1.82) is 0 Å². The Morgan fingerprint density at radius 2 is 1.14 bits per heavy atom. The van der Waals surface area contributed by atoms with E-state index in [4.69, 9.17) is 0 Å². The van der Waals surface area contributed by atoms with Crippen molar-refractivity contribution in [2.45, 2.75) is 4.11 Å². The smallest absolute Gasteiger partial charge is 0.129 e. The Labute approximate surface area is 97.7 Å². The van der Waals surface area contributed by atoms with Crippen LogP contribution >= 0.6 is 90.4 Å². The van der Waals surface area contributed by atoms with E-state index in [9.17, 15) is 0 Å². The molecule has 0 aromatic carbocycles. The molecule has 0 heterocycles. The molecule has 1 nitrogen and oxygen atoms in total. The molecule has 0 aliphatic heterocycles. The number of hydrogen-bond donors (Lipinski definition) is 0. The van der Waals surface area contributed by atoms with Gasteiger partial charge in [0.15, 0.2) is 0 Å². The first-order valence-electron chi connectivity index (χ1n) is 1.39. The van der Waals surface area contributed by atoms with Gasteiger partial charge in [-0.1, -0.05) is 90.4 Å². The van der Waals surface area contributed by atoms with Crippen molar-refractivity contribution in [2.75, 3.05) is 0 Å². The third kappa shape index (κ3) is 8.88. The fourth-order valence-corrected chi connectivity index (χ4v) is 3.83. The van der Waals surface area contributed by atoms with E-state index >= 15 is 0 Å². The van der Waals surface area contributed by atoms with Gasteiger partial charge in [-0.2, -0.15) is 5.32 Å². The van der Waals surface area contributed by atoms with E-state index in [0.717, 1.165) is 0 Å². The van der Waals surface area contributed by atoms with Gasteiger partial charge in [0.25, 0.3) is 0 Å². The maximum absolute atomic E-state index is 4.22. The molecule has 0 N–H and O–H groups in total. The highest BCUT2D eigenvalue weighted by atomic mass is 127. The SMILES string of the molecule is IC(I)[N]C(I)I. The summed E-state index contributed by atoms with van der Waals surface area (Å²) in [6, 6.07) is 0. The van der Waals surface area contributed by atoms with Crippen LogP contribution in [0.3, 0.4) is 0 Å². The molecule has 5 heteroatoms. The lowest BCUT2D eigenvalue weighted by molar-refractivity contribution is 0.925. The van der Waals surface area contributed by atoms with E-state index in [0.29, 0.717) is 4.11 Å². The van der Waals surface area contributed by atoms with E-state index < -0.39 is 0 Å². The first kappa shape index (κ1) is 9.88. The zero-order valence-electron chi connectivity index (χ0n) is 3.11. The molecular weight excluding hydrogens is 546 g/mol. The zero-order valence-corrected chi connectivity index (χ0v) is 11.7. The molecule has 0 amide bonds. The molecule has 0 spiro atoms. The van der Waals surface area contributed by atoms with Crippen LogP contribution in [0, 0.1) is 0 Å². The van der Waals surface area contributed by atoms with E-state index in [2.05, 4.69) is 95.7 Å². The van der Waals surface area contributed by atoms with Gasteiger partial charge in [0.2, 0.25) is 0 Å². The summed E-state index contributed by atoms with van der Waals surface area (Å²) in [7, 11) is 0. The minimum Gasteiger partial charge on any atom is -0.193 e. The van der Waals surface area contributed by atoms with Crippen molar-refractivity contribution in [3.05, 3.63) is 0 Å². The number of rotatable bonds is 2. The van der Waals surface area contributed by atoms with Gasteiger partial charge in [-0.05, 0) is 0 Å². The Balaban J connectivity index is 2.95. The summed E-state index contributed by atoms with van der Waals surface area (Å²) in [6.45, 7) is 0. The molecule has 0 aromatic rings. The molecule has 7 heavy (non-hydrogen) atoms. The summed E-state index contributed by atoms with van der Waals surface area (Å²) in [5.41, 5.74) is 0. The minimum absolute atomic E-state index is 0.425. The molecule has 0 atom stereocenters. The van der Waals surface area contributed by atoms with Crippen LogP contribution in [0.2, 0.25) is 0 Å². The minimum atomic E-state index is 0.425. The second-order valence-corrected chi connectivity index (χ2v) is 10.2. The van der Waals surface area contributed by atoms with Crippen molar-refractivity contribution in [3.63, 3.8) is 0 Å². The number of nitrogens with zero attached hydrogens (tertiary/aromatic N) is 1. The molecule has 0 saturated carbocycles. The first-order chi connectivity index (χ1) is 3.13. The van der Waals surface area contributed by atoms with Gasteiger partial charge in [0.05, 0.1) is 0 Å². The monoisotopic (exact) mass is 548 g/mol. The molecule has 0 unspecified atom stereocenters. The largest absolute Gasteiger partial charge is 0.193 e. The normalized spacial score (nSPS) is 11.1. The van der Waals surface area contributed by atoms with Crippen LogP contribution in [0.5, 0.6) is 0 Å². The summed E-state index contributed by atoms with van der Waals surface area (Å²) >= 11 is 9.07. The predicted octanol–water partition coefficient (Wildman–Crippen LogP) is 2.90. The van der Waals surface area contributed by atoms with Crippen molar-refractivity contribution >= 4 is 90.4 Å². The van der Waals surface area contributed by atoms with Gasteiger partial charge >= 0.3 is 0 Å². The average molecular weight is 548 g/mol. The quantitative estimate of drug-likeness (QED) is 0.287. The van der Waals surface area contributed by atoms with E-state index in [1.54, 1.807) is 0 Å².